The molecule has 0 aromatic carbocycles. The van der Waals surface area contributed by atoms with Crippen molar-refractivity contribution in [2.24, 2.45) is 5.73 Å². The summed E-state index contributed by atoms with van der Waals surface area (Å²) in [6, 6.07) is 2.13. The maximum Gasteiger partial charge on any atom is 0.264 e. The van der Waals surface area contributed by atoms with E-state index in [4.69, 9.17) is 10.5 Å². The molecule has 0 spiro atoms. The van der Waals surface area contributed by atoms with E-state index in [9.17, 15) is 4.79 Å². The van der Waals surface area contributed by atoms with Crippen LogP contribution in [0.3, 0.4) is 0 Å². The molecule has 19 heavy (non-hydrogen) atoms. The van der Waals surface area contributed by atoms with Crippen molar-refractivity contribution in [1.82, 2.24) is 4.90 Å². The Bertz CT molecular complexity index is 409. The van der Waals surface area contributed by atoms with Crippen molar-refractivity contribution in [1.29, 1.82) is 0 Å². The first kappa shape index (κ1) is 16.3. The Kier molecular flexibility index (Phi) is 6.62. The molecule has 1 saturated heterocycles. The summed E-state index contributed by atoms with van der Waals surface area (Å²) in [5, 5.41) is 1.87. The Labute approximate surface area is 124 Å². The van der Waals surface area contributed by atoms with Crippen LogP contribution in [0, 0.1) is 0 Å². The van der Waals surface area contributed by atoms with Crippen molar-refractivity contribution in [3.8, 4) is 5.75 Å². The van der Waals surface area contributed by atoms with E-state index in [2.05, 4.69) is 0 Å². The summed E-state index contributed by atoms with van der Waals surface area (Å²) < 4.78 is 5.13. The van der Waals surface area contributed by atoms with Crippen molar-refractivity contribution < 1.29 is 9.53 Å². The Hall–Kier alpha value is -0.780. The van der Waals surface area contributed by atoms with Gasteiger partial charge in [0.25, 0.3) is 5.91 Å². The van der Waals surface area contributed by atoms with Crippen LogP contribution in [0.2, 0.25) is 0 Å². The molecule has 0 radical (unpaired) electrons. The monoisotopic (exact) mass is 304 g/mol. The molecule has 0 saturated carbocycles. The third-order valence-electron chi connectivity index (χ3n) is 3.41. The molecule has 108 valence electrons. The van der Waals surface area contributed by atoms with Gasteiger partial charge in [0.1, 0.15) is 5.75 Å². The summed E-state index contributed by atoms with van der Waals surface area (Å²) in [6.07, 6.45) is 4.26. The predicted octanol–water partition coefficient (Wildman–Crippen LogP) is 2.52. The Morgan fingerprint density at radius 1 is 1.58 bits per heavy atom. The summed E-state index contributed by atoms with van der Waals surface area (Å²) in [5.41, 5.74) is 5.63. The first-order valence-corrected chi connectivity index (χ1v) is 7.27. The summed E-state index contributed by atoms with van der Waals surface area (Å²) in [6.45, 7) is 1.49. The number of hydrogen-bond donors (Lipinski definition) is 1. The molecular formula is C13H21ClN2O2S. The van der Waals surface area contributed by atoms with Crippen LogP contribution < -0.4 is 10.5 Å². The number of ether oxygens (including phenoxy) is 1. The van der Waals surface area contributed by atoms with Crippen molar-refractivity contribution in [3.63, 3.8) is 0 Å². The zero-order valence-electron chi connectivity index (χ0n) is 11.1. The average Bonchev–Trinajstić information content (AvgIpc) is 2.88. The summed E-state index contributed by atoms with van der Waals surface area (Å²) in [4.78, 5) is 15.2. The molecule has 4 nitrogen and oxygen atoms in total. The van der Waals surface area contributed by atoms with E-state index in [1.54, 1.807) is 7.11 Å². The van der Waals surface area contributed by atoms with Crippen LogP contribution in [0.25, 0.3) is 0 Å². The number of methoxy groups -OCH3 is 1. The molecule has 1 unspecified atom stereocenters. The van der Waals surface area contributed by atoms with Gasteiger partial charge in [-0.15, -0.1) is 23.7 Å². The number of halogens is 1. The number of carbonyl (C=O) groups excluding carboxylic acids is 1. The molecular weight excluding hydrogens is 284 g/mol. The second-order valence-corrected chi connectivity index (χ2v) is 5.49. The first-order valence-electron chi connectivity index (χ1n) is 6.40. The zero-order chi connectivity index (χ0) is 13.0. The van der Waals surface area contributed by atoms with Gasteiger partial charge in [0.05, 0.1) is 12.0 Å². The zero-order valence-corrected chi connectivity index (χ0v) is 12.8. The predicted molar refractivity (Wildman–Crippen MR) is 80.5 cm³/mol. The summed E-state index contributed by atoms with van der Waals surface area (Å²) in [7, 11) is 1.62. The van der Waals surface area contributed by atoms with Crippen LogP contribution >= 0.6 is 23.7 Å². The van der Waals surface area contributed by atoms with E-state index >= 15 is 0 Å². The molecule has 1 atom stereocenters. The number of piperidine rings is 1. The highest BCUT2D eigenvalue weighted by molar-refractivity contribution is 7.12. The molecule has 0 aliphatic carbocycles. The molecule has 1 aliphatic rings. The minimum atomic E-state index is 0. The number of likely N-dealkylation sites (tertiary alicyclic amines) is 1. The molecule has 1 aromatic rings. The largest absolute Gasteiger partial charge is 0.496 e. The van der Waals surface area contributed by atoms with E-state index in [0.29, 0.717) is 12.6 Å². The van der Waals surface area contributed by atoms with Gasteiger partial charge in [0.2, 0.25) is 0 Å². The second-order valence-electron chi connectivity index (χ2n) is 4.58. The highest BCUT2D eigenvalue weighted by atomic mass is 35.5. The van der Waals surface area contributed by atoms with Crippen LogP contribution in [0.4, 0.5) is 0 Å². The fraction of sp³-hybridized carbons (Fsp3) is 0.615. The number of hydrogen-bond acceptors (Lipinski definition) is 4. The summed E-state index contributed by atoms with van der Waals surface area (Å²) >= 11 is 1.45. The van der Waals surface area contributed by atoms with E-state index in [1.165, 1.54) is 17.8 Å². The van der Waals surface area contributed by atoms with Gasteiger partial charge in [0, 0.05) is 24.0 Å². The number of carbonyl (C=O) groups is 1. The number of thiophene rings is 1. The Morgan fingerprint density at radius 3 is 3.00 bits per heavy atom. The molecule has 0 bridgehead atoms. The van der Waals surface area contributed by atoms with Gasteiger partial charge in [-0.3, -0.25) is 4.79 Å². The highest BCUT2D eigenvalue weighted by Gasteiger charge is 2.27. The van der Waals surface area contributed by atoms with Gasteiger partial charge in [0.15, 0.2) is 0 Å². The number of amides is 1. The van der Waals surface area contributed by atoms with E-state index in [0.717, 1.165) is 36.4 Å². The van der Waals surface area contributed by atoms with Crippen LogP contribution in [0.1, 0.15) is 35.4 Å². The van der Waals surface area contributed by atoms with Crippen LogP contribution in [0.5, 0.6) is 5.75 Å². The Morgan fingerprint density at radius 2 is 2.37 bits per heavy atom. The number of nitrogens with two attached hydrogens (primary N) is 1. The molecule has 1 aliphatic heterocycles. The minimum absolute atomic E-state index is 0. The smallest absolute Gasteiger partial charge is 0.264 e. The molecule has 2 heterocycles. The average molecular weight is 305 g/mol. The van der Waals surface area contributed by atoms with Gasteiger partial charge in [-0.1, -0.05) is 0 Å². The second kappa shape index (κ2) is 7.72. The van der Waals surface area contributed by atoms with Crippen molar-refractivity contribution in [3.05, 3.63) is 16.3 Å². The maximum absolute atomic E-state index is 12.5. The van der Waals surface area contributed by atoms with Gasteiger partial charge in [-0.05, 0) is 32.2 Å². The normalized spacial score (nSPS) is 18.8. The topological polar surface area (TPSA) is 55.6 Å². The lowest BCUT2D eigenvalue weighted by Gasteiger charge is -2.35. The summed E-state index contributed by atoms with van der Waals surface area (Å²) in [5.74, 6) is 0.886. The first-order chi connectivity index (χ1) is 8.76. The van der Waals surface area contributed by atoms with Gasteiger partial charge < -0.3 is 15.4 Å². The lowest BCUT2D eigenvalue weighted by molar-refractivity contribution is 0.0610. The van der Waals surface area contributed by atoms with Crippen LogP contribution in [0.15, 0.2) is 11.4 Å². The SMILES string of the molecule is COc1csc(C(=O)N2CCCCC2CCN)c1.Cl. The van der Waals surface area contributed by atoms with Gasteiger partial charge >= 0.3 is 0 Å². The number of rotatable bonds is 4. The van der Waals surface area contributed by atoms with E-state index in [-0.39, 0.29) is 18.3 Å². The van der Waals surface area contributed by atoms with Crippen LogP contribution in [-0.2, 0) is 0 Å². The van der Waals surface area contributed by atoms with Crippen molar-refractivity contribution >= 4 is 29.7 Å². The van der Waals surface area contributed by atoms with Crippen LogP contribution in [-0.4, -0.2) is 37.0 Å². The lowest BCUT2D eigenvalue weighted by atomic mass is 9.99. The third kappa shape index (κ3) is 3.84. The molecule has 2 N–H and O–H groups in total. The fourth-order valence-electron chi connectivity index (χ4n) is 2.44. The molecule has 1 amide bonds. The maximum atomic E-state index is 12.5. The van der Waals surface area contributed by atoms with E-state index < -0.39 is 0 Å². The van der Waals surface area contributed by atoms with E-state index in [1.807, 2.05) is 16.3 Å². The molecule has 2 rings (SSSR count). The quantitative estimate of drug-likeness (QED) is 0.930. The highest BCUT2D eigenvalue weighted by Crippen LogP contribution is 2.26. The molecule has 6 heteroatoms. The minimum Gasteiger partial charge on any atom is -0.496 e. The Balaban J connectivity index is 0.00000180. The molecule has 1 aromatic heterocycles. The third-order valence-corrected chi connectivity index (χ3v) is 4.31. The van der Waals surface area contributed by atoms with Crippen molar-refractivity contribution in [2.45, 2.75) is 31.7 Å². The van der Waals surface area contributed by atoms with Gasteiger partial charge in [-0.2, -0.15) is 0 Å². The van der Waals surface area contributed by atoms with Gasteiger partial charge in [-0.25, -0.2) is 0 Å². The van der Waals surface area contributed by atoms with Crippen molar-refractivity contribution in [2.75, 3.05) is 20.2 Å². The molecule has 1 fully saturated rings. The lowest BCUT2D eigenvalue weighted by Crippen LogP contribution is -2.44. The standard InChI is InChI=1S/C13H20N2O2S.ClH/c1-17-11-8-12(18-9-11)13(16)15-7-3-2-4-10(15)5-6-14;/h8-10H,2-7,14H2,1H3;1H. The number of nitrogens with zero attached hydrogens (tertiary/aromatic N) is 1. The fourth-order valence-corrected chi connectivity index (χ4v) is 3.25.